The van der Waals surface area contributed by atoms with E-state index in [2.05, 4.69) is 22.0 Å². The highest BCUT2D eigenvalue weighted by Crippen LogP contribution is 2.32. The van der Waals surface area contributed by atoms with Gasteiger partial charge in [-0.15, -0.1) is 0 Å². The number of hydrogen-bond donors (Lipinski definition) is 1. The van der Waals surface area contributed by atoms with Gasteiger partial charge in [0.1, 0.15) is 0 Å². The maximum Gasteiger partial charge on any atom is 0.303 e. The molecule has 0 saturated carbocycles. The minimum Gasteiger partial charge on any atom is -0.481 e. The van der Waals surface area contributed by atoms with Crippen molar-refractivity contribution in [2.45, 2.75) is 25.7 Å². The van der Waals surface area contributed by atoms with Crippen LogP contribution < -0.4 is 4.90 Å². The zero-order valence-corrected chi connectivity index (χ0v) is 12.1. The van der Waals surface area contributed by atoms with E-state index in [-0.39, 0.29) is 0 Å². The van der Waals surface area contributed by atoms with E-state index >= 15 is 0 Å². The molecule has 1 fully saturated rings. The molecular formula is C15H18N2O2S. The topological polar surface area (TPSA) is 53.4 Å². The first-order chi connectivity index (χ1) is 9.72. The molecule has 1 aromatic heterocycles. The summed E-state index contributed by atoms with van der Waals surface area (Å²) in [4.78, 5) is 17.6. The van der Waals surface area contributed by atoms with Gasteiger partial charge in [-0.2, -0.15) is 0 Å². The molecule has 2 aromatic rings. The Labute approximate surface area is 122 Å². The highest BCUT2D eigenvalue weighted by atomic mass is 32.1. The summed E-state index contributed by atoms with van der Waals surface area (Å²) in [5.41, 5.74) is 1.07. The molecule has 1 aliphatic rings. The predicted octanol–water partition coefficient (Wildman–Crippen LogP) is 3.38. The van der Waals surface area contributed by atoms with E-state index in [1.807, 2.05) is 12.1 Å². The van der Waals surface area contributed by atoms with Gasteiger partial charge in [-0.05, 0) is 37.3 Å². The van der Waals surface area contributed by atoms with Crippen molar-refractivity contribution >= 4 is 32.7 Å². The van der Waals surface area contributed by atoms with Gasteiger partial charge in [0, 0.05) is 19.5 Å². The summed E-state index contributed by atoms with van der Waals surface area (Å²) < 4.78 is 1.23. The number of hydrogen-bond acceptors (Lipinski definition) is 4. The van der Waals surface area contributed by atoms with E-state index in [1.165, 1.54) is 4.70 Å². The van der Waals surface area contributed by atoms with E-state index < -0.39 is 5.97 Å². The normalized spacial score (nSPS) is 16.7. The Morgan fingerprint density at radius 1 is 1.35 bits per heavy atom. The lowest BCUT2D eigenvalue weighted by Crippen LogP contribution is -2.33. The number of anilines is 1. The first-order valence-corrected chi connectivity index (χ1v) is 7.86. The Morgan fingerprint density at radius 2 is 2.10 bits per heavy atom. The molecule has 0 aliphatic carbocycles. The van der Waals surface area contributed by atoms with E-state index in [0.29, 0.717) is 12.3 Å². The summed E-state index contributed by atoms with van der Waals surface area (Å²) in [5, 5.41) is 9.84. The zero-order chi connectivity index (χ0) is 13.9. The molecule has 4 nitrogen and oxygen atoms in total. The van der Waals surface area contributed by atoms with Gasteiger partial charge in [0.15, 0.2) is 5.13 Å². The molecular weight excluding hydrogens is 272 g/mol. The van der Waals surface area contributed by atoms with Gasteiger partial charge in [0.2, 0.25) is 0 Å². The number of carbonyl (C=O) groups is 1. The third-order valence-electron chi connectivity index (χ3n) is 3.93. The van der Waals surface area contributed by atoms with Gasteiger partial charge in [0.05, 0.1) is 10.2 Å². The van der Waals surface area contributed by atoms with Crippen molar-refractivity contribution in [1.82, 2.24) is 4.98 Å². The number of thiazole rings is 1. The van der Waals surface area contributed by atoms with Crippen LogP contribution in [-0.4, -0.2) is 29.1 Å². The standard InChI is InChI=1S/C15H18N2O2S/c18-14(19)6-5-11-7-9-17(10-8-11)15-16-12-3-1-2-4-13(12)20-15/h1-4,11H,5-10H2,(H,18,19). The van der Waals surface area contributed by atoms with Gasteiger partial charge in [-0.25, -0.2) is 4.98 Å². The van der Waals surface area contributed by atoms with Crippen LogP contribution in [0.25, 0.3) is 10.2 Å². The Morgan fingerprint density at radius 3 is 2.80 bits per heavy atom. The average Bonchev–Trinajstić information content (AvgIpc) is 2.89. The molecule has 1 aromatic carbocycles. The van der Waals surface area contributed by atoms with Gasteiger partial charge in [-0.3, -0.25) is 4.79 Å². The van der Waals surface area contributed by atoms with Crippen LogP contribution in [-0.2, 0) is 4.79 Å². The first kappa shape index (κ1) is 13.4. The minimum absolute atomic E-state index is 0.297. The Balaban J connectivity index is 1.61. The van der Waals surface area contributed by atoms with Gasteiger partial charge in [0.25, 0.3) is 0 Å². The summed E-state index contributed by atoms with van der Waals surface area (Å²) in [6.07, 6.45) is 3.25. The largest absolute Gasteiger partial charge is 0.481 e. The van der Waals surface area contributed by atoms with Crippen LogP contribution in [0.4, 0.5) is 5.13 Å². The summed E-state index contributed by atoms with van der Waals surface area (Å²) >= 11 is 1.74. The van der Waals surface area contributed by atoms with Crippen molar-refractivity contribution in [2.75, 3.05) is 18.0 Å². The zero-order valence-electron chi connectivity index (χ0n) is 11.3. The number of piperidine rings is 1. The fourth-order valence-corrected chi connectivity index (χ4v) is 3.75. The summed E-state index contributed by atoms with van der Waals surface area (Å²) in [5.74, 6) is -0.129. The second-order valence-corrected chi connectivity index (χ2v) is 6.34. The van der Waals surface area contributed by atoms with Crippen molar-refractivity contribution in [3.8, 4) is 0 Å². The van der Waals surface area contributed by atoms with E-state index in [1.54, 1.807) is 11.3 Å². The average molecular weight is 290 g/mol. The van der Waals surface area contributed by atoms with Crippen LogP contribution in [0.1, 0.15) is 25.7 Å². The van der Waals surface area contributed by atoms with Crippen molar-refractivity contribution in [1.29, 1.82) is 0 Å². The molecule has 0 amide bonds. The van der Waals surface area contributed by atoms with Crippen LogP contribution in [0.3, 0.4) is 0 Å². The fraction of sp³-hybridized carbons (Fsp3) is 0.467. The maximum atomic E-state index is 10.6. The second kappa shape index (κ2) is 5.79. The van der Waals surface area contributed by atoms with Gasteiger partial charge >= 0.3 is 5.97 Å². The SMILES string of the molecule is O=C(O)CCC1CCN(c2nc3ccccc3s2)CC1. The molecule has 1 saturated heterocycles. The third kappa shape index (κ3) is 2.93. The number of aliphatic carboxylic acids is 1. The summed E-state index contributed by atoms with van der Waals surface area (Å²) in [7, 11) is 0. The highest BCUT2D eigenvalue weighted by molar-refractivity contribution is 7.22. The van der Waals surface area contributed by atoms with E-state index in [9.17, 15) is 4.79 Å². The highest BCUT2D eigenvalue weighted by Gasteiger charge is 2.21. The summed E-state index contributed by atoms with van der Waals surface area (Å²) in [6, 6.07) is 8.22. The third-order valence-corrected chi connectivity index (χ3v) is 5.03. The van der Waals surface area contributed by atoms with Crippen LogP contribution in [0.2, 0.25) is 0 Å². The van der Waals surface area contributed by atoms with Crippen LogP contribution in [0.5, 0.6) is 0 Å². The lowest BCUT2D eigenvalue weighted by atomic mass is 9.92. The minimum atomic E-state index is -0.682. The molecule has 5 heteroatoms. The monoisotopic (exact) mass is 290 g/mol. The van der Waals surface area contributed by atoms with Gasteiger partial charge in [-0.1, -0.05) is 23.5 Å². The number of fused-ring (bicyclic) bond motifs is 1. The molecule has 1 N–H and O–H groups in total. The molecule has 3 rings (SSSR count). The first-order valence-electron chi connectivity index (χ1n) is 7.04. The van der Waals surface area contributed by atoms with Crippen molar-refractivity contribution in [3.63, 3.8) is 0 Å². The smallest absolute Gasteiger partial charge is 0.303 e. The quantitative estimate of drug-likeness (QED) is 0.938. The van der Waals surface area contributed by atoms with Crippen molar-refractivity contribution in [2.24, 2.45) is 5.92 Å². The number of carboxylic acid groups (broad SMARTS) is 1. The maximum absolute atomic E-state index is 10.6. The number of aromatic nitrogens is 1. The molecule has 0 spiro atoms. The van der Waals surface area contributed by atoms with E-state index in [4.69, 9.17) is 5.11 Å². The summed E-state index contributed by atoms with van der Waals surface area (Å²) in [6.45, 7) is 1.98. The molecule has 0 atom stereocenters. The van der Waals surface area contributed by atoms with Crippen molar-refractivity contribution < 1.29 is 9.90 Å². The van der Waals surface area contributed by atoms with Crippen LogP contribution in [0, 0.1) is 5.92 Å². The molecule has 2 heterocycles. The van der Waals surface area contributed by atoms with E-state index in [0.717, 1.165) is 43.0 Å². The Bertz CT molecular complexity index is 570. The van der Waals surface area contributed by atoms with Gasteiger partial charge < -0.3 is 10.0 Å². The molecule has 0 unspecified atom stereocenters. The van der Waals surface area contributed by atoms with Crippen LogP contribution in [0.15, 0.2) is 24.3 Å². The fourth-order valence-electron chi connectivity index (χ4n) is 2.74. The number of carboxylic acids is 1. The molecule has 106 valence electrons. The molecule has 1 aliphatic heterocycles. The Hall–Kier alpha value is -1.62. The number of nitrogens with zero attached hydrogens (tertiary/aromatic N) is 2. The molecule has 0 radical (unpaired) electrons. The number of benzene rings is 1. The second-order valence-electron chi connectivity index (χ2n) is 5.33. The molecule has 20 heavy (non-hydrogen) atoms. The Kier molecular flexibility index (Phi) is 3.87. The number of para-hydroxylation sites is 1. The predicted molar refractivity (Wildman–Crippen MR) is 81.4 cm³/mol. The molecule has 0 bridgehead atoms. The van der Waals surface area contributed by atoms with Crippen LogP contribution >= 0.6 is 11.3 Å². The van der Waals surface area contributed by atoms with Crippen molar-refractivity contribution in [3.05, 3.63) is 24.3 Å². The number of rotatable bonds is 4. The lowest BCUT2D eigenvalue weighted by Gasteiger charge is -2.31. The lowest BCUT2D eigenvalue weighted by molar-refractivity contribution is -0.137.